The smallest absolute Gasteiger partial charge is 0.247 e. The van der Waals surface area contributed by atoms with Crippen LogP contribution in [-0.4, -0.2) is 36.9 Å². The third kappa shape index (κ3) is 5.03. The van der Waals surface area contributed by atoms with Gasteiger partial charge in [-0.1, -0.05) is 6.92 Å². The van der Waals surface area contributed by atoms with Crippen LogP contribution in [0.25, 0.3) is 6.08 Å². The first kappa shape index (κ1) is 19.7. The molecule has 1 fully saturated rings. The first-order valence-corrected chi connectivity index (χ1v) is 9.50. The first-order valence-electron chi connectivity index (χ1n) is 9.50. The van der Waals surface area contributed by atoms with Crippen LogP contribution < -0.4 is 10.1 Å². The lowest BCUT2D eigenvalue weighted by Gasteiger charge is -2.18. The van der Waals surface area contributed by atoms with Gasteiger partial charge in [-0.15, -0.1) is 0 Å². The van der Waals surface area contributed by atoms with Crippen LogP contribution in [0.1, 0.15) is 37.7 Å². The lowest BCUT2D eigenvalue weighted by atomic mass is 10.3. The fourth-order valence-electron chi connectivity index (χ4n) is 3.03. The van der Waals surface area contributed by atoms with E-state index in [0.29, 0.717) is 35.6 Å². The van der Waals surface area contributed by atoms with Gasteiger partial charge in [0, 0.05) is 24.2 Å². The predicted octanol–water partition coefficient (Wildman–Crippen LogP) is 3.91. The minimum absolute atomic E-state index is 0.0192. The second-order valence-corrected chi connectivity index (χ2v) is 7.02. The monoisotopic (exact) mass is 382 g/mol. The van der Waals surface area contributed by atoms with Gasteiger partial charge in [0.2, 0.25) is 11.8 Å². The molecule has 148 valence electrons. The van der Waals surface area contributed by atoms with Crippen LogP contribution in [0.2, 0.25) is 0 Å². The molecule has 6 nitrogen and oxygen atoms in total. The minimum Gasteiger partial charge on any atom is -0.497 e. The number of nitrogens with zero attached hydrogens (tertiary/aromatic N) is 1. The van der Waals surface area contributed by atoms with Gasteiger partial charge in [0.25, 0.3) is 0 Å². The number of nitrogens with one attached hydrogen (secondary N) is 1. The molecule has 2 aromatic rings. The summed E-state index contributed by atoms with van der Waals surface area (Å²) in [6.07, 6.45) is 4.26. The van der Waals surface area contributed by atoms with Gasteiger partial charge >= 0.3 is 0 Å². The second kappa shape index (κ2) is 8.78. The van der Waals surface area contributed by atoms with Gasteiger partial charge in [0.1, 0.15) is 23.8 Å². The van der Waals surface area contributed by atoms with E-state index in [0.717, 1.165) is 12.2 Å². The summed E-state index contributed by atoms with van der Waals surface area (Å²) in [6, 6.07) is 10.9. The summed E-state index contributed by atoms with van der Waals surface area (Å²) in [5.74, 6) is 3.04. The Morgan fingerprint density at radius 3 is 2.57 bits per heavy atom. The number of methoxy groups -OCH3 is 1. The van der Waals surface area contributed by atoms with Crippen molar-refractivity contribution < 1.29 is 18.7 Å². The van der Waals surface area contributed by atoms with Crippen molar-refractivity contribution in [2.24, 2.45) is 5.92 Å². The van der Waals surface area contributed by atoms with Crippen molar-refractivity contribution in [1.29, 1.82) is 0 Å². The topological polar surface area (TPSA) is 71.8 Å². The molecule has 0 aliphatic heterocycles. The van der Waals surface area contributed by atoms with Gasteiger partial charge in [-0.3, -0.25) is 9.59 Å². The number of carbonyl (C=O) groups is 2. The molecular formula is C22H26N2O4. The van der Waals surface area contributed by atoms with E-state index in [1.807, 2.05) is 19.1 Å². The molecule has 1 N–H and O–H groups in total. The van der Waals surface area contributed by atoms with Crippen LogP contribution in [0.5, 0.6) is 5.75 Å². The molecule has 0 saturated heterocycles. The lowest BCUT2D eigenvalue weighted by molar-refractivity contribution is -0.130. The lowest BCUT2D eigenvalue weighted by Crippen LogP contribution is -2.36. The molecule has 0 spiro atoms. The molecule has 1 heterocycles. The summed E-state index contributed by atoms with van der Waals surface area (Å²) < 4.78 is 10.9. The van der Waals surface area contributed by atoms with Crippen LogP contribution in [0, 0.1) is 5.92 Å². The van der Waals surface area contributed by atoms with Crippen molar-refractivity contribution in [3.05, 3.63) is 54.0 Å². The molecule has 1 aliphatic rings. The molecule has 3 rings (SSSR count). The molecule has 1 saturated carbocycles. The van der Waals surface area contributed by atoms with Gasteiger partial charge in [0.05, 0.1) is 7.11 Å². The Labute approximate surface area is 165 Å². The molecular weight excluding hydrogens is 356 g/mol. The molecule has 1 aromatic heterocycles. The zero-order valence-corrected chi connectivity index (χ0v) is 16.5. The summed E-state index contributed by atoms with van der Waals surface area (Å²) in [4.78, 5) is 26.2. The van der Waals surface area contributed by atoms with Gasteiger partial charge in [-0.05, 0) is 61.7 Å². The van der Waals surface area contributed by atoms with Crippen molar-refractivity contribution in [2.45, 2.75) is 26.2 Å². The molecule has 2 amide bonds. The number of ether oxygens (including phenoxy) is 1. The third-order valence-corrected chi connectivity index (χ3v) is 4.91. The van der Waals surface area contributed by atoms with Crippen molar-refractivity contribution in [3.63, 3.8) is 0 Å². The standard InChI is InChI=1S/C22H26N2O4/c1-4-24(14-21(25)23-16-5-7-17(27-3)8-6-16)22(26)12-10-18-9-11-20(28-18)19-13-15(19)2/h5-12,15,19H,4,13-14H2,1-3H3,(H,23,25). The van der Waals surface area contributed by atoms with Crippen LogP contribution in [0.4, 0.5) is 5.69 Å². The average molecular weight is 382 g/mol. The number of benzene rings is 1. The van der Waals surface area contributed by atoms with Crippen LogP contribution >= 0.6 is 0 Å². The zero-order chi connectivity index (χ0) is 20.1. The Bertz CT molecular complexity index is 854. The van der Waals surface area contributed by atoms with E-state index >= 15 is 0 Å². The normalized spacial score (nSPS) is 18.1. The Balaban J connectivity index is 1.53. The van der Waals surface area contributed by atoms with Gasteiger partial charge in [-0.25, -0.2) is 0 Å². The van der Waals surface area contributed by atoms with Gasteiger partial charge in [-0.2, -0.15) is 0 Å². The molecule has 1 aliphatic carbocycles. The Kier molecular flexibility index (Phi) is 6.19. The maximum Gasteiger partial charge on any atom is 0.247 e. The quantitative estimate of drug-likeness (QED) is 0.703. The van der Waals surface area contributed by atoms with Crippen molar-refractivity contribution >= 4 is 23.6 Å². The highest BCUT2D eigenvalue weighted by atomic mass is 16.5. The Morgan fingerprint density at radius 1 is 1.25 bits per heavy atom. The minimum atomic E-state index is -0.253. The maximum atomic E-state index is 12.4. The predicted molar refractivity (Wildman–Crippen MR) is 108 cm³/mol. The maximum absolute atomic E-state index is 12.4. The van der Waals surface area contributed by atoms with Crippen molar-refractivity contribution in [1.82, 2.24) is 4.90 Å². The number of carbonyl (C=O) groups excluding carboxylic acids is 2. The number of hydrogen-bond acceptors (Lipinski definition) is 4. The SMILES string of the molecule is CCN(CC(=O)Nc1ccc(OC)cc1)C(=O)C=Cc1ccc(C2CC2C)o1. The fourth-order valence-corrected chi connectivity index (χ4v) is 3.03. The van der Waals surface area contributed by atoms with Crippen LogP contribution in [-0.2, 0) is 9.59 Å². The number of likely N-dealkylation sites (N-methyl/N-ethyl adjacent to an activating group) is 1. The molecule has 0 bridgehead atoms. The highest BCUT2D eigenvalue weighted by Gasteiger charge is 2.36. The average Bonchev–Trinajstić information content (AvgIpc) is 3.24. The molecule has 2 atom stereocenters. The molecule has 28 heavy (non-hydrogen) atoms. The number of amides is 2. The molecule has 0 radical (unpaired) electrons. The van der Waals surface area contributed by atoms with E-state index in [4.69, 9.17) is 9.15 Å². The van der Waals surface area contributed by atoms with Gasteiger partial charge < -0.3 is 19.4 Å². The zero-order valence-electron chi connectivity index (χ0n) is 16.5. The molecule has 1 aromatic carbocycles. The Hall–Kier alpha value is -3.02. The molecule has 2 unspecified atom stereocenters. The summed E-state index contributed by atoms with van der Waals surface area (Å²) >= 11 is 0. The number of hydrogen-bond donors (Lipinski definition) is 1. The number of rotatable bonds is 8. The van der Waals surface area contributed by atoms with E-state index < -0.39 is 0 Å². The van der Waals surface area contributed by atoms with Crippen LogP contribution in [0.3, 0.4) is 0 Å². The van der Waals surface area contributed by atoms with Crippen molar-refractivity contribution in [3.8, 4) is 5.75 Å². The summed E-state index contributed by atoms with van der Waals surface area (Å²) in [7, 11) is 1.59. The summed E-state index contributed by atoms with van der Waals surface area (Å²) in [5.41, 5.74) is 0.655. The number of furan rings is 1. The summed E-state index contributed by atoms with van der Waals surface area (Å²) in [6.45, 7) is 4.45. The van der Waals surface area contributed by atoms with E-state index in [-0.39, 0.29) is 18.4 Å². The van der Waals surface area contributed by atoms with E-state index in [9.17, 15) is 9.59 Å². The summed E-state index contributed by atoms with van der Waals surface area (Å²) in [5, 5.41) is 2.78. The second-order valence-electron chi connectivity index (χ2n) is 7.02. The van der Waals surface area contributed by atoms with E-state index in [1.54, 1.807) is 37.5 Å². The highest BCUT2D eigenvalue weighted by molar-refractivity contribution is 5.97. The highest BCUT2D eigenvalue weighted by Crippen LogP contribution is 2.47. The van der Waals surface area contributed by atoms with E-state index in [1.165, 1.54) is 11.0 Å². The third-order valence-electron chi connectivity index (χ3n) is 4.91. The van der Waals surface area contributed by atoms with Crippen LogP contribution in [0.15, 0.2) is 46.9 Å². The Morgan fingerprint density at radius 2 is 1.96 bits per heavy atom. The van der Waals surface area contributed by atoms with Crippen molar-refractivity contribution in [2.75, 3.05) is 25.5 Å². The fraction of sp³-hybridized carbons (Fsp3) is 0.364. The van der Waals surface area contributed by atoms with Gasteiger partial charge in [0.15, 0.2) is 0 Å². The first-order chi connectivity index (χ1) is 13.5. The largest absolute Gasteiger partial charge is 0.497 e. The van der Waals surface area contributed by atoms with E-state index in [2.05, 4.69) is 12.2 Å². The number of anilines is 1. The molecule has 6 heteroatoms.